The Bertz CT molecular complexity index is 637. The lowest BCUT2D eigenvalue weighted by Crippen LogP contribution is -2.07. The second-order valence-corrected chi connectivity index (χ2v) is 5.18. The Hall–Kier alpha value is -2.23. The van der Waals surface area contributed by atoms with Crippen molar-refractivity contribution in [2.24, 2.45) is 5.92 Å². The molecule has 1 heterocycles. The van der Waals surface area contributed by atoms with E-state index >= 15 is 0 Å². The fourth-order valence-corrected chi connectivity index (χ4v) is 2.49. The summed E-state index contributed by atoms with van der Waals surface area (Å²) < 4.78 is 17.9. The number of aromatic nitrogens is 1. The lowest BCUT2D eigenvalue weighted by Gasteiger charge is -2.04. The second-order valence-electron chi connectivity index (χ2n) is 5.18. The highest BCUT2D eigenvalue weighted by atomic mass is 19.1. The monoisotopic (exact) mass is 285 g/mol. The molecule has 108 valence electrons. The number of hydrogen-bond acceptors (Lipinski definition) is 3. The normalized spacial score (nSPS) is 20.1. The molecule has 0 N–H and O–H groups in total. The molecule has 0 bridgehead atoms. The van der Waals surface area contributed by atoms with Gasteiger partial charge in [-0.15, -0.1) is 0 Å². The Labute approximate surface area is 122 Å². The van der Waals surface area contributed by atoms with E-state index in [1.807, 2.05) is 19.1 Å². The van der Waals surface area contributed by atoms with Crippen molar-refractivity contribution in [3.8, 4) is 11.3 Å². The molecule has 2 aromatic rings. The molecule has 3 nitrogen and oxygen atoms in total. The average Bonchev–Trinajstić information content (AvgIpc) is 3.29. The predicted octanol–water partition coefficient (Wildman–Crippen LogP) is 3.55. The molecule has 1 aromatic heterocycles. The van der Waals surface area contributed by atoms with Gasteiger partial charge in [0.1, 0.15) is 5.82 Å². The van der Waals surface area contributed by atoms with Gasteiger partial charge < -0.3 is 4.74 Å². The highest BCUT2D eigenvalue weighted by Gasteiger charge is 2.45. The maximum absolute atomic E-state index is 12.9. The first-order valence-corrected chi connectivity index (χ1v) is 7.07. The standard InChI is InChI=1S/C17H16FNO2/c1-2-21-17(20)15-9-14(15)12-5-8-16(19-10-12)11-3-6-13(18)7-4-11/h3-8,10,14-15H,2,9H2,1H3/t14-,15+/m1/s1. The van der Waals surface area contributed by atoms with Gasteiger partial charge in [0.25, 0.3) is 0 Å². The zero-order valence-corrected chi connectivity index (χ0v) is 11.8. The summed E-state index contributed by atoms with van der Waals surface area (Å²) >= 11 is 0. The Morgan fingerprint density at radius 1 is 1.29 bits per heavy atom. The molecular formula is C17H16FNO2. The minimum absolute atomic E-state index is 0.0246. The number of esters is 1. The molecule has 0 radical (unpaired) electrons. The van der Waals surface area contributed by atoms with Crippen LogP contribution in [0.1, 0.15) is 24.8 Å². The maximum atomic E-state index is 12.9. The number of pyridine rings is 1. The molecule has 0 amide bonds. The van der Waals surface area contributed by atoms with Crippen molar-refractivity contribution in [3.63, 3.8) is 0 Å². The molecule has 0 saturated heterocycles. The van der Waals surface area contributed by atoms with E-state index in [0.29, 0.717) is 6.61 Å². The van der Waals surface area contributed by atoms with Crippen LogP contribution in [0.2, 0.25) is 0 Å². The zero-order chi connectivity index (χ0) is 14.8. The fourth-order valence-electron chi connectivity index (χ4n) is 2.49. The van der Waals surface area contributed by atoms with E-state index in [-0.39, 0.29) is 23.6 Å². The summed E-state index contributed by atoms with van der Waals surface area (Å²) in [5.41, 5.74) is 2.73. The van der Waals surface area contributed by atoms with Crippen molar-refractivity contribution in [3.05, 3.63) is 54.0 Å². The van der Waals surface area contributed by atoms with Gasteiger partial charge in [-0.05, 0) is 55.2 Å². The first kappa shape index (κ1) is 13.7. The van der Waals surface area contributed by atoms with E-state index in [4.69, 9.17) is 4.74 Å². The van der Waals surface area contributed by atoms with Gasteiger partial charge in [0.2, 0.25) is 0 Å². The molecule has 1 saturated carbocycles. The van der Waals surface area contributed by atoms with E-state index in [0.717, 1.165) is 23.2 Å². The van der Waals surface area contributed by atoms with Crippen LogP contribution >= 0.6 is 0 Å². The number of nitrogens with zero attached hydrogens (tertiary/aromatic N) is 1. The van der Waals surface area contributed by atoms with E-state index in [1.54, 1.807) is 18.3 Å². The third-order valence-corrected chi connectivity index (χ3v) is 3.73. The molecule has 2 atom stereocenters. The lowest BCUT2D eigenvalue weighted by molar-refractivity contribution is -0.144. The zero-order valence-electron chi connectivity index (χ0n) is 11.8. The largest absolute Gasteiger partial charge is 0.466 e. The number of hydrogen-bond donors (Lipinski definition) is 0. The summed E-state index contributed by atoms with van der Waals surface area (Å²) in [5, 5.41) is 0. The van der Waals surface area contributed by atoms with Crippen molar-refractivity contribution in [1.82, 2.24) is 4.98 Å². The molecule has 1 aliphatic rings. The van der Waals surface area contributed by atoms with Gasteiger partial charge in [0, 0.05) is 11.8 Å². The average molecular weight is 285 g/mol. The number of halogens is 1. The van der Waals surface area contributed by atoms with Crippen LogP contribution in [0, 0.1) is 11.7 Å². The highest BCUT2D eigenvalue weighted by molar-refractivity contribution is 5.77. The quantitative estimate of drug-likeness (QED) is 0.806. The Morgan fingerprint density at radius 2 is 2.05 bits per heavy atom. The van der Waals surface area contributed by atoms with Gasteiger partial charge in [-0.1, -0.05) is 6.07 Å². The number of benzene rings is 1. The highest BCUT2D eigenvalue weighted by Crippen LogP contribution is 2.48. The Morgan fingerprint density at radius 3 is 2.67 bits per heavy atom. The molecule has 1 aromatic carbocycles. The molecule has 3 rings (SSSR count). The molecule has 1 fully saturated rings. The smallest absolute Gasteiger partial charge is 0.309 e. The summed E-state index contributed by atoms with van der Waals surface area (Å²) in [4.78, 5) is 16.0. The van der Waals surface area contributed by atoms with Gasteiger partial charge in [-0.2, -0.15) is 0 Å². The van der Waals surface area contributed by atoms with Crippen molar-refractivity contribution < 1.29 is 13.9 Å². The minimum Gasteiger partial charge on any atom is -0.466 e. The van der Waals surface area contributed by atoms with Crippen LogP contribution in [0.4, 0.5) is 4.39 Å². The maximum Gasteiger partial charge on any atom is 0.309 e. The molecule has 21 heavy (non-hydrogen) atoms. The second kappa shape index (κ2) is 5.64. The first-order valence-electron chi connectivity index (χ1n) is 7.07. The lowest BCUT2D eigenvalue weighted by atomic mass is 10.1. The van der Waals surface area contributed by atoms with E-state index in [2.05, 4.69) is 4.98 Å². The molecular weight excluding hydrogens is 269 g/mol. The summed E-state index contributed by atoms with van der Waals surface area (Å²) in [6.45, 7) is 2.23. The topological polar surface area (TPSA) is 39.2 Å². The van der Waals surface area contributed by atoms with Gasteiger partial charge in [0.15, 0.2) is 0 Å². The Kier molecular flexibility index (Phi) is 3.69. The van der Waals surface area contributed by atoms with E-state index < -0.39 is 0 Å². The third-order valence-electron chi connectivity index (χ3n) is 3.73. The summed E-state index contributed by atoms with van der Waals surface area (Å²) in [6, 6.07) is 10.1. The van der Waals surface area contributed by atoms with Crippen LogP contribution in [-0.2, 0) is 9.53 Å². The summed E-state index contributed by atoms with van der Waals surface area (Å²) in [6.07, 6.45) is 2.62. The van der Waals surface area contributed by atoms with Crippen molar-refractivity contribution in [2.45, 2.75) is 19.3 Å². The first-order chi connectivity index (χ1) is 10.2. The molecule has 1 aliphatic carbocycles. The van der Waals surface area contributed by atoms with Crippen LogP contribution < -0.4 is 0 Å². The molecule has 0 unspecified atom stereocenters. The molecule has 0 aliphatic heterocycles. The van der Waals surface area contributed by atoms with E-state index in [1.165, 1.54) is 12.1 Å². The Balaban J connectivity index is 1.71. The van der Waals surface area contributed by atoms with Crippen LogP contribution in [0.15, 0.2) is 42.6 Å². The van der Waals surface area contributed by atoms with Gasteiger partial charge in [-0.3, -0.25) is 9.78 Å². The SMILES string of the molecule is CCOC(=O)[C@H]1C[C@@H]1c1ccc(-c2ccc(F)cc2)nc1. The summed E-state index contributed by atoms with van der Waals surface area (Å²) in [5.74, 6) is -0.182. The minimum atomic E-state index is -0.259. The fraction of sp³-hybridized carbons (Fsp3) is 0.294. The van der Waals surface area contributed by atoms with Gasteiger partial charge >= 0.3 is 5.97 Å². The number of ether oxygens (including phenoxy) is 1. The third kappa shape index (κ3) is 2.94. The molecule has 0 spiro atoms. The molecule has 4 heteroatoms. The number of rotatable bonds is 4. The van der Waals surface area contributed by atoms with Gasteiger partial charge in [-0.25, -0.2) is 4.39 Å². The van der Waals surface area contributed by atoms with Crippen molar-refractivity contribution in [2.75, 3.05) is 6.61 Å². The predicted molar refractivity (Wildman–Crippen MR) is 77.1 cm³/mol. The van der Waals surface area contributed by atoms with Crippen molar-refractivity contribution in [1.29, 1.82) is 0 Å². The van der Waals surface area contributed by atoms with Crippen molar-refractivity contribution >= 4 is 5.97 Å². The number of carbonyl (C=O) groups excluding carboxylic acids is 1. The summed E-state index contributed by atoms with van der Waals surface area (Å²) in [7, 11) is 0. The van der Waals surface area contributed by atoms with Crippen LogP contribution in [-0.4, -0.2) is 17.6 Å². The van der Waals surface area contributed by atoms with Crippen LogP contribution in [0.3, 0.4) is 0 Å². The van der Waals surface area contributed by atoms with E-state index in [9.17, 15) is 9.18 Å². The van der Waals surface area contributed by atoms with Crippen LogP contribution in [0.25, 0.3) is 11.3 Å². The van der Waals surface area contributed by atoms with Crippen LogP contribution in [0.5, 0.6) is 0 Å². The number of carbonyl (C=O) groups is 1. The van der Waals surface area contributed by atoms with Gasteiger partial charge in [0.05, 0.1) is 18.2 Å².